The smallest absolute Gasteiger partial charge is 0.294 e. The van der Waals surface area contributed by atoms with Gasteiger partial charge in [-0.2, -0.15) is 0 Å². The monoisotopic (exact) mass is 416 g/mol. The second-order valence-electron chi connectivity index (χ2n) is 6.88. The lowest BCUT2D eigenvalue weighted by atomic mass is 9.82. The number of hydrogen-bond acceptors (Lipinski definition) is 6. The quantitative estimate of drug-likeness (QED) is 0.394. The molecule has 0 saturated heterocycles. The number of amides is 1. The summed E-state index contributed by atoms with van der Waals surface area (Å²) in [7, 11) is 1.54. The van der Waals surface area contributed by atoms with Gasteiger partial charge in [0.15, 0.2) is 5.78 Å². The number of carbonyl (C=O) groups is 3. The van der Waals surface area contributed by atoms with Gasteiger partial charge in [0, 0.05) is 23.2 Å². The molecule has 0 heterocycles. The lowest BCUT2D eigenvalue weighted by Crippen LogP contribution is -2.27. The molecule has 4 rings (SSSR count). The van der Waals surface area contributed by atoms with Gasteiger partial charge in [0.05, 0.1) is 12.0 Å². The van der Waals surface area contributed by atoms with Crippen LogP contribution in [0.2, 0.25) is 0 Å². The average Bonchev–Trinajstić information content (AvgIpc) is 2.80. The molecule has 1 amide bonds. The van der Waals surface area contributed by atoms with Crippen LogP contribution >= 0.6 is 0 Å². The molecule has 0 spiro atoms. The number of nitrogens with zero attached hydrogens (tertiary/aromatic N) is 1. The number of fused-ring (bicyclic) bond motifs is 2. The molecule has 1 aliphatic rings. The van der Waals surface area contributed by atoms with Crippen LogP contribution in [0.3, 0.4) is 0 Å². The summed E-state index contributed by atoms with van der Waals surface area (Å²) >= 11 is 0. The number of rotatable bonds is 5. The maximum Gasteiger partial charge on any atom is 0.294 e. The Hall–Kier alpha value is -4.33. The third-order valence-electron chi connectivity index (χ3n) is 5.11. The summed E-state index contributed by atoms with van der Waals surface area (Å²) in [6.07, 6.45) is 0. The SMILES string of the molecule is COc1ccc(CNC(=O)c2ccc3c(c2[N+](=O)[O-])C(=O)c2ccccc2C3=O)cc1. The fourth-order valence-corrected chi connectivity index (χ4v) is 3.56. The van der Waals surface area contributed by atoms with Crippen LogP contribution in [0.4, 0.5) is 5.69 Å². The van der Waals surface area contributed by atoms with Crippen molar-refractivity contribution in [3.8, 4) is 5.75 Å². The van der Waals surface area contributed by atoms with Crippen LogP contribution in [-0.2, 0) is 6.54 Å². The maximum atomic E-state index is 13.0. The molecular weight excluding hydrogens is 400 g/mol. The molecule has 0 unspecified atom stereocenters. The third kappa shape index (κ3) is 3.44. The summed E-state index contributed by atoms with van der Waals surface area (Å²) in [4.78, 5) is 49.6. The first-order valence-corrected chi connectivity index (χ1v) is 9.33. The van der Waals surface area contributed by atoms with Crippen molar-refractivity contribution in [2.75, 3.05) is 7.11 Å². The highest BCUT2D eigenvalue weighted by molar-refractivity contribution is 6.30. The number of benzene rings is 3. The van der Waals surface area contributed by atoms with Crippen LogP contribution in [0.15, 0.2) is 60.7 Å². The lowest BCUT2D eigenvalue weighted by molar-refractivity contribution is -0.385. The van der Waals surface area contributed by atoms with Crippen LogP contribution in [0.5, 0.6) is 5.75 Å². The molecule has 8 nitrogen and oxygen atoms in total. The molecule has 31 heavy (non-hydrogen) atoms. The Balaban J connectivity index is 1.71. The van der Waals surface area contributed by atoms with Gasteiger partial charge in [-0.05, 0) is 29.8 Å². The molecule has 0 fully saturated rings. The Morgan fingerprint density at radius 2 is 1.58 bits per heavy atom. The number of hydrogen-bond donors (Lipinski definition) is 1. The van der Waals surface area contributed by atoms with Crippen molar-refractivity contribution >= 4 is 23.2 Å². The zero-order valence-electron chi connectivity index (χ0n) is 16.4. The average molecular weight is 416 g/mol. The zero-order valence-corrected chi connectivity index (χ0v) is 16.4. The van der Waals surface area contributed by atoms with E-state index >= 15 is 0 Å². The fraction of sp³-hybridized carbons (Fsp3) is 0.0870. The van der Waals surface area contributed by atoms with Crippen LogP contribution in [0.25, 0.3) is 0 Å². The molecule has 0 aliphatic heterocycles. The molecule has 3 aromatic rings. The molecule has 8 heteroatoms. The van der Waals surface area contributed by atoms with Crippen molar-refractivity contribution in [2.45, 2.75) is 6.54 Å². The lowest BCUT2D eigenvalue weighted by Gasteiger charge is -2.18. The van der Waals surface area contributed by atoms with Crippen LogP contribution in [0, 0.1) is 10.1 Å². The van der Waals surface area contributed by atoms with Gasteiger partial charge in [0.2, 0.25) is 5.78 Å². The molecular formula is C23H16N2O6. The van der Waals surface area contributed by atoms with Gasteiger partial charge in [-0.15, -0.1) is 0 Å². The van der Waals surface area contributed by atoms with E-state index < -0.39 is 28.1 Å². The minimum atomic E-state index is -0.791. The second kappa shape index (κ2) is 7.83. The maximum absolute atomic E-state index is 13.0. The van der Waals surface area contributed by atoms with E-state index in [0.717, 1.165) is 5.56 Å². The van der Waals surface area contributed by atoms with E-state index in [1.807, 2.05) is 0 Å². The highest BCUT2D eigenvalue weighted by atomic mass is 16.6. The highest BCUT2D eigenvalue weighted by Crippen LogP contribution is 2.35. The first-order valence-electron chi connectivity index (χ1n) is 9.33. The van der Waals surface area contributed by atoms with E-state index in [9.17, 15) is 24.5 Å². The Bertz CT molecular complexity index is 1250. The van der Waals surface area contributed by atoms with E-state index in [0.29, 0.717) is 5.75 Å². The van der Waals surface area contributed by atoms with Gasteiger partial charge in [0.25, 0.3) is 11.6 Å². The number of ether oxygens (including phenoxy) is 1. The van der Waals surface area contributed by atoms with Gasteiger partial charge in [0.1, 0.15) is 16.9 Å². The third-order valence-corrected chi connectivity index (χ3v) is 5.11. The molecule has 1 aliphatic carbocycles. The minimum absolute atomic E-state index is 0.0814. The molecule has 0 radical (unpaired) electrons. The largest absolute Gasteiger partial charge is 0.497 e. The molecule has 0 bridgehead atoms. The number of nitro benzene ring substituents is 1. The fourth-order valence-electron chi connectivity index (χ4n) is 3.56. The predicted molar refractivity (Wildman–Crippen MR) is 111 cm³/mol. The number of methoxy groups -OCH3 is 1. The van der Waals surface area contributed by atoms with E-state index in [1.165, 1.54) is 31.4 Å². The van der Waals surface area contributed by atoms with Gasteiger partial charge < -0.3 is 10.1 Å². The second-order valence-corrected chi connectivity index (χ2v) is 6.88. The first-order chi connectivity index (χ1) is 14.9. The van der Waals surface area contributed by atoms with Gasteiger partial charge in [-0.1, -0.05) is 36.4 Å². The normalized spacial score (nSPS) is 12.0. The molecule has 0 aromatic heterocycles. The van der Waals surface area contributed by atoms with Gasteiger partial charge in [-0.25, -0.2) is 0 Å². The summed E-state index contributed by atoms with van der Waals surface area (Å²) in [5, 5.41) is 14.5. The predicted octanol–water partition coefficient (Wildman–Crippen LogP) is 3.31. The Kier molecular flexibility index (Phi) is 5.04. The Morgan fingerprint density at radius 1 is 0.935 bits per heavy atom. The summed E-state index contributed by atoms with van der Waals surface area (Å²) in [6.45, 7) is 0.118. The summed E-state index contributed by atoms with van der Waals surface area (Å²) in [5.74, 6) is -1.20. The molecule has 154 valence electrons. The van der Waals surface area contributed by atoms with Crippen molar-refractivity contribution in [3.63, 3.8) is 0 Å². The van der Waals surface area contributed by atoms with E-state index in [4.69, 9.17) is 4.74 Å². The molecule has 0 atom stereocenters. The van der Waals surface area contributed by atoms with Crippen LogP contribution in [-0.4, -0.2) is 29.5 Å². The molecule has 0 saturated carbocycles. The van der Waals surface area contributed by atoms with Crippen molar-refractivity contribution in [2.24, 2.45) is 0 Å². The Labute approximate surface area is 176 Å². The van der Waals surface area contributed by atoms with Crippen molar-refractivity contribution in [1.82, 2.24) is 5.32 Å². The van der Waals surface area contributed by atoms with Crippen LogP contribution < -0.4 is 10.1 Å². The van der Waals surface area contributed by atoms with Crippen molar-refractivity contribution < 1.29 is 24.0 Å². The summed E-state index contributed by atoms with van der Waals surface area (Å²) < 4.78 is 5.08. The molecule has 3 aromatic carbocycles. The highest BCUT2D eigenvalue weighted by Gasteiger charge is 2.38. The van der Waals surface area contributed by atoms with E-state index in [2.05, 4.69) is 5.32 Å². The topological polar surface area (TPSA) is 116 Å². The van der Waals surface area contributed by atoms with Gasteiger partial charge >= 0.3 is 0 Å². The number of carbonyl (C=O) groups excluding carboxylic acids is 3. The summed E-state index contributed by atoms with van der Waals surface area (Å²) in [5.41, 5.74) is -0.358. The number of nitro groups is 1. The van der Waals surface area contributed by atoms with Crippen LogP contribution in [0.1, 0.15) is 47.8 Å². The first kappa shape index (κ1) is 20.0. The van der Waals surface area contributed by atoms with Gasteiger partial charge in [-0.3, -0.25) is 24.5 Å². The van der Waals surface area contributed by atoms with E-state index in [1.54, 1.807) is 36.4 Å². The number of ketones is 2. The standard InChI is InChI=1S/C23H16N2O6/c1-31-14-8-6-13(7-9-14)12-24-23(28)18-11-10-17-19(20(18)25(29)30)22(27)16-5-3-2-4-15(16)21(17)26/h2-11H,12H2,1H3,(H,24,28). The minimum Gasteiger partial charge on any atom is -0.497 e. The van der Waals surface area contributed by atoms with Crippen molar-refractivity contribution in [3.05, 3.63) is 104 Å². The zero-order chi connectivity index (χ0) is 22.1. The summed E-state index contributed by atoms with van der Waals surface area (Å²) in [6, 6.07) is 15.6. The number of nitrogens with one attached hydrogen (secondary N) is 1. The molecule has 1 N–H and O–H groups in total. The van der Waals surface area contributed by atoms with Crippen molar-refractivity contribution in [1.29, 1.82) is 0 Å². The Morgan fingerprint density at radius 3 is 2.19 bits per heavy atom. The van der Waals surface area contributed by atoms with E-state index in [-0.39, 0.29) is 34.4 Å².